The molecule has 1 aliphatic rings. The molecule has 0 bridgehead atoms. The number of benzene rings is 3. The van der Waals surface area contributed by atoms with Crippen LogP contribution in [0.15, 0.2) is 66.4 Å². The molecule has 0 fully saturated rings. The van der Waals surface area contributed by atoms with Gasteiger partial charge in [0.05, 0.1) is 5.56 Å². The number of hydrogen-bond donors (Lipinski definition) is 0. The highest BCUT2D eigenvalue weighted by atomic mass is 16.5. The molecule has 0 N–H and O–H groups in total. The standard InChI is InChI=1S/C25H22O3/c1-16-8-9-18(3)20(12-16)15-27-21-10-11-22-23(14-21)28-24(25(22)26)13-19-7-5-4-6-17(19)2/h4-14H,15H2,1-3H3. The molecule has 0 radical (unpaired) electrons. The molecule has 3 nitrogen and oxygen atoms in total. The summed E-state index contributed by atoms with van der Waals surface area (Å²) in [6, 6.07) is 19.6. The van der Waals surface area contributed by atoms with Crippen LogP contribution in [0.5, 0.6) is 11.5 Å². The van der Waals surface area contributed by atoms with Gasteiger partial charge in [-0.15, -0.1) is 0 Å². The third-order valence-electron chi connectivity index (χ3n) is 5.02. The van der Waals surface area contributed by atoms with Gasteiger partial charge in [0.1, 0.15) is 18.1 Å². The number of allylic oxidation sites excluding steroid dienone is 1. The normalized spacial score (nSPS) is 14.1. The minimum Gasteiger partial charge on any atom is -0.489 e. The molecule has 3 aromatic rings. The van der Waals surface area contributed by atoms with E-state index < -0.39 is 0 Å². The number of aryl methyl sites for hydroxylation is 3. The predicted octanol–water partition coefficient (Wildman–Crippen LogP) is 5.81. The first kappa shape index (κ1) is 18.1. The van der Waals surface area contributed by atoms with Crippen molar-refractivity contribution in [3.63, 3.8) is 0 Å². The van der Waals surface area contributed by atoms with Crippen LogP contribution >= 0.6 is 0 Å². The van der Waals surface area contributed by atoms with Crippen LogP contribution in [-0.2, 0) is 6.61 Å². The molecule has 3 aromatic carbocycles. The fourth-order valence-corrected chi connectivity index (χ4v) is 3.26. The van der Waals surface area contributed by atoms with Crippen molar-refractivity contribution >= 4 is 11.9 Å². The number of rotatable bonds is 4. The maximum atomic E-state index is 12.7. The Morgan fingerprint density at radius 2 is 1.75 bits per heavy atom. The van der Waals surface area contributed by atoms with Crippen molar-refractivity contribution in [2.45, 2.75) is 27.4 Å². The van der Waals surface area contributed by atoms with E-state index in [-0.39, 0.29) is 5.78 Å². The Morgan fingerprint density at radius 3 is 2.57 bits per heavy atom. The lowest BCUT2D eigenvalue weighted by atomic mass is 10.1. The van der Waals surface area contributed by atoms with Crippen LogP contribution in [0, 0.1) is 20.8 Å². The summed E-state index contributed by atoms with van der Waals surface area (Å²) < 4.78 is 11.8. The number of ketones is 1. The number of Topliss-reactive ketones (excluding diaryl/α,β-unsaturated/α-hetero) is 1. The molecule has 0 saturated carbocycles. The molecule has 4 rings (SSSR count). The van der Waals surface area contributed by atoms with E-state index >= 15 is 0 Å². The van der Waals surface area contributed by atoms with Gasteiger partial charge in [0.2, 0.25) is 5.78 Å². The van der Waals surface area contributed by atoms with Gasteiger partial charge >= 0.3 is 0 Å². The zero-order valence-electron chi connectivity index (χ0n) is 16.3. The van der Waals surface area contributed by atoms with Crippen molar-refractivity contribution in [2.24, 2.45) is 0 Å². The third kappa shape index (κ3) is 3.56. The van der Waals surface area contributed by atoms with E-state index in [1.807, 2.05) is 37.3 Å². The Hall–Kier alpha value is -3.33. The summed E-state index contributed by atoms with van der Waals surface area (Å²) in [5.74, 6) is 1.48. The lowest BCUT2D eigenvalue weighted by molar-refractivity contribution is 0.101. The molecule has 28 heavy (non-hydrogen) atoms. The largest absolute Gasteiger partial charge is 0.489 e. The zero-order chi connectivity index (χ0) is 19.7. The minimum absolute atomic E-state index is 0.0978. The van der Waals surface area contributed by atoms with Gasteiger partial charge in [-0.05, 0) is 61.2 Å². The van der Waals surface area contributed by atoms with Crippen molar-refractivity contribution in [1.82, 2.24) is 0 Å². The molecule has 0 saturated heterocycles. The van der Waals surface area contributed by atoms with E-state index in [0.717, 1.165) is 16.7 Å². The fraction of sp³-hybridized carbons (Fsp3) is 0.160. The number of fused-ring (bicyclic) bond motifs is 1. The van der Waals surface area contributed by atoms with E-state index in [2.05, 4.69) is 32.0 Å². The monoisotopic (exact) mass is 370 g/mol. The van der Waals surface area contributed by atoms with Gasteiger partial charge in [0, 0.05) is 6.07 Å². The lowest BCUT2D eigenvalue weighted by Crippen LogP contribution is -1.99. The van der Waals surface area contributed by atoms with Crippen LogP contribution in [-0.4, -0.2) is 5.78 Å². The number of hydrogen-bond acceptors (Lipinski definition) is 3. The molecule has 3 heteroatoms. The SMILES string of the molecule is Cc1ccc(C)c(COc2ccc3c(c2)OC(=Cc2ccccc2C)C3=O)c1. The number of carbonyl (C=O) groups is 1. The first-order chi connectivity index (χ1) is 13.5. The fourth-order valence-electron chi connectivity index (χ4n) is 3.26. The van der Waals surface area contributed by atoms with Crippen LogP contribution in [0.2, 0.25) is 0 Å². The molecule has 140 valence electrons. The van der Waals surface area contributed by atoms with Gasteiger partial charge in [0.25, 0.3) is 0 Å². The molecule has 0 atom stereocenters. The summed E-state index contributed by atoms with van der Waals surface area (Å²) in [5.41, 5.74) is 6.20. The lowest BCUT2D eigenvalue weighted by Gasteiger charge is -2.10. The molecule has 0 unspecified atom stereocenters. The van der Waals surface area contributed by atoms with Crippen molar-refractivity contribution < 1.29 is 14.3 Å². The quantitative estimate of drug-likeness (QED) is 0.544. The van der Waals surface area contributed by atoms with E-state index in [1.54, 1.807) is 18.2 Å². The average molecular weight is 370 g/mol. The predicted molar refractivity (Wildman–Crippen MR) is 111 cm³/mol. The molecular formula is C25H22O3. The van der Waals surface area contributed by atoms with Crippen LogP contribution in [0.25, 0.3) is 6.08 Å². The van der Waals surface area contributed by atoms with Gasteiger partial charge in [-0.3, -0.25) is 4.79 Å². The molecule has 1 aliphatic heterocycles. The maximum Gasteiger partial charge on any atom is 0.231 e. The first-order valence-corrected chi connectivity index (χ1v) is 9.34. The van der Waals surface area contributed by atoms with Crippen molar-refractivity contribution in [3.8, 4) is 11.5 Å². The maximum absolute atomic E-state index is 12.7. The minimum atomic E-state index is -0.0978. The summed E-state index contributed by atoms with van der Waals surface area (Å²) >= 11 is 0. The second kappa shape index (κ2) is 7.35. The molecule has 0 aromatic heterocycles. The molecular weight excluding hydrogens is 348 g/mol. The van der Waals surface area contributed by atoms with Gasteiger partial charge in [-0.25, -0.2) is 0 Å². The van der Waals surface area contributed by atoms with Crippen LogP contribution < -0.4 is 9.47 Å². The summed E-state index contributed by atoms with van der Waals surface area (Å²) in [5, 5.41) is 0. The Morgan fingerprint density at radius 1 is 0.929 bits per heavy atom. The van der Waals surface area contributed by atoms with E-state index in [1.165, 1.54) is 11.1 Å². The van der Waals surface area contributed by atoms with E-state index in [9.17, 15) is 4.79 Å². The molecule has 0 aliphatic carbocycles. The van der Waals surface area contributed by atoms with Crippen molar-refractivity contribution in [2.75, 3.05) is 0 Å². The van der Waals surface area contributed by atoms with Crippen LogP contribution in [0.4, 0.5) is 0 Å². The zero-order valence-corrected chi connectivity index (χ0v) is 16.3. The Balaban J connectivity index is 1.54. The van der Waals surface area contributed by atoms with Crippen LogP contribution in [0.1, 0.15) is 38.2 Å². The van der Waals surface area contributed by atoms with Gasteiger partial charge in [0.15, 0.2) is 5.76 Å². The highest BCUT2D eigenvalue weighted by Crippen LogP contribution is 2.35. The summed E-state index contributed by atoms with van der Waals surface area (Å²) in [7, 11) is 0. The van der Waals surface area contributed by atoms with Gasteiger partial charge in [-0.2, -0.15) is 0 Å². The Labute approximate surface area is 165 Å². The summed E-state index contributed by atoms with van der Waals surface area (Å²) in [6.07, 6.45) is 1.80. The average Bonchev–Trinajstić information content (AvgIpc) is 2.99. The van der Waals surface area contributed by atoms with Crippen LogP contribution in [0.3, 0.4) is 0 Å². The highest BCUT2D eigenvalue weighted by molar-refractivity contribution is 6.14. The smallest absolute Gasteiger partial charge is 0.231 e. The molecule has 0 amide bonds. The number of ether oxygens (including phenoxy) is 2. The second-order valence-corrected chi connectivity index (χ2v) is 7.17. The van der Waals surface area contributed by atoms with Crippen molar-refractivity contribution in [3.05, 3.63) is 99.8 Å². The molecule has 1 heterocycles. The number of carbonyl (C=O) groups excluding carboxylic acids is 1. The Bertz CT molecular complexity index is 1090. The van der Waals surface area contributed by atoms with Crippen molar-refractivity contribution in [1.29, 1.82) is 0 Å². The van der Waals surface area contributed by atoms with Gasteiger partial charge < -0.3 is 9.47 Å². The molecule has 0 spiro atoms. The summed E-state index contributed by atoms with van der Waals surface area (Å²) in [6.45, 7) is 6.63. The third-order valence-corrected chi connectivity index (χ3v) is 5.02. The van der Waals surface area contributed by atoms with Gasteiger partial charge in [-0.1, -0.05) is 48.0 Å². The van der Waals surface area contributed by atoms with E-state index in [4.69, 9.17) is 9.47 Å². The first-order valence-electron chi connectivity index (χ1n) is 9.34. The van der Waals surface area contributed by atoms with E-state index in [0.29, 0.717) is 29.4 Å². The Kier molecular flexibility index (Phi) is 4.74. The highest BCUT2D eigenvalue weighted by Gasteiger charge is 2.27. The summed E-state index contributed by atoms with van der Waals surface area (Å²) in [4.78, 5) is 12.7. The second-order valence-electron chi connectivity index (χ2n) is 7.17. The topological polar surface area (TPSA) is 35.5 Å².